The molecule has 2 aliphatic carbocycles. The first-order chi connectivity index (χ1) is 15.4. The molecule has 1 atom stereocenters. The summed E-state index contributed by atoms with van der Waals surface area (Å²) in [6, 6.07) is 9.86. The fourth-order valence-electron chi connectivity index (χ4n) is 6.20. The Bertz CT molecular complexity index is 1050. The normalized spacial score (nSPS) is 25.3. The predicted molar refractivity (Wildman–Crippen MR) is 135 cm³/mol. The SMILES string of the molecule is C=C1N=C(CC2(c3cccc(C4=CCCC4)c3)CCCC2)N2CC(C)N(C)C(=C)C2=C1C. The van der Waals surface area contributed by atoms with Crippen molar-refractivity contribution >= 4 is 11.4 Å². The van der Waals surface area contributed by atoms with E-state index in [-0.39, 0.29) is 5.41 Å². The van der Waals surface area contributed by atoms with Crippen LogP contribution in [0.2, 0.25) is 0 Å². The first-order valence-corrected chi connectivity index (χ1v) is 12.4. The van der Waals surface area contributed by atoms with Crippen LogP contribution >= 0.6 is 0 Å². The van der Waals surface area contributed by atoms with Crippen molar-refractivity contribution in [2.24, 2.45) is 4.99 Å². The van der Waals surface area contributed by atoms with Gasteiger partial charge in [0.25, 0.3) is 0 Å². The molecule has 0 aromatic heterocycles. The summed E-state index contributed by atoms with van der Waals surface area (Å²) in [5.41, 5.74) is 9.00. The maximum Gasteiger partial charge on any atom is 0.110 e. The van der Waals surface area contributed by atoms with Crippen molar-refractivity contribution in [2.75, 3.05) is 13.6 Å². The van der Waals surface area contributed by atoms with Gasteiger partial charge >= 0.3 is 0 Å². The molecule has 4 aliphatic rings. The average molecular weight is 428 g/mol. The molecular formula is C29H37N3. The van der Waals surface area contributed by atoms with E-state index in [1.807, 2.05) is 0 Å². The minimum Gasteiger partial charge on any atom is -0.369 e. The number of nitrogens with zero attached hydrogens (tertiary/aromatic N) is 3. The summed E-state index contributed by atoms with van der Waals surface area (Å²) in [5, 5.41) is 0. The molecule has 2 aliphatic heterocycles. The molecule has 0 spiro atoms. The second-order valence-corrected chi connectivity index (χ2v) is 10.3. The van der Waals surface area contributed by atoms with Crippen LogP contribution in [0, 0.1) is 0 Å². The van der Waals surface area contributed by atoms with E-state index < -0.39 is 0 Å². The van der Waals surface area contributed by atoms with E-state index in [0.29, 0.717) is 6.04 Å². The molecule has 1 saturated heterocycles. The second kappa shape index (κ2) is 8.10. The van der Waals surface area contributed by atoms with E-state index in [4.69, 9.17) is 4.99 Å². The predicted octanol–water partition coefficient (Wildman–Crippen LogP) is 6.81. The molecule has 1 saturated carbocycles. The van der Waals surface area contributed by atoms with Crippen LogP contribution in [0.25, 0.3) is 5.57 Å². The third-order valence-electron chi connectivity index (χ3n) is 8.38. The van der Waals surface area contributed by atoms with E-state index in [2.05, 4.69) is 74.2 Å². The molecule has 2 heterocycles. The topological polar surface area (TPSA) is 18.8 Å². The Morgan fingerprint density at radius 2 is 1.94 bits per heavy atom. The van der Waals surface area contributed by atoms with E-state index in [0.717, 1.165) is 29.9 Å². The van der Waals surface area contributed by atoms with Crippen LogP contribution in [-0.2, 0) is 5.41 Å². The number of hydrogen-bond donors (Lipinski definition) is 0. The van der Waals surface area contributed by atoms with Crippen molar-refractivity contribution in [2.45, 2.75) is 76.7 Å². The highest BCUT2D eigenvalue weighted by molar-refractivity contribution is 5.89. The zero-order chi connectivity index (χ0) is 22.5. The Balaban J connectivity index is 1.51. The number of likely N-dealkylation sites (N-methyl/N-ethyl adjacent to an activating group) is 1. The molecular weight excluding hydrogens is 390 g/mol. The molecule has 5 rings (SSSR count). The standard InChI is InChI=1S/C29H37N3/c1-20-19-32-27(30-22(3)21(2)28(32)23(4)31(20)5)18-29(15-8-9-16-29)26-14-10-13-25(17-26)24-11-6-7-12-24/h10-11,13-14,17,20H,3-4,6-9,12,15-16,18-19H2,1-2,5H3. The van der Waals surface area contributed by atoms with Gasteiger partial charge in [0.1, 0.15) is 5.84 Å². The van der Waals surface area contributed by atoms with Gasteiger partial charge in [-0.25, -0.2) is 4.99 Å². The van der Waals surface area contributed by atoms with Crippen molar-refractivity contribution < 1.29 is 0 Å². The number of piperazine rings is 1. The second-order valence-electron chi connectivity index (χ2n) is 10.3. The lowest BCUT2D eigenvalue weighted by Crippen LogP contribution is -2.51. The lowest BCUT2D eigenvalue weighted by Gasteiger charge is -2.47. The molecule has 1 aromatic rings. The van der Waals surface area contributed by atoms with E-state index >= 15 is 0 Å². The van der Waals surface area contributed by atoms with Gasteiger partial charge in [-0.2, -0.15) is 0 Å². The summed E-state index contributed by atoms with van der Waals surface area (Å²) >= 11 is 0. The summed E-state index contributed by atoms with van der Waals surface area (Å²) in [6.07, 6.45) is 12.2. The summed E-state index contributed by atoms with van der Waals surface area (Å²) in [5.74, 6) is 1.18. The minimum atomic E-state index is 0.165. The molecule has 2 fully saturated rings. The molecule has 32 heavy (non-hydrogen) atoms. The largest absolute Gasteiger partial charge is 0.369 e. The molecule has 3 nitrogen and oxygen atoms in total. The van der Waals surface area contributed by atoms with Crippen LogP contribution in [0.4, 0.5) is 0 Å². The van der Waals surface area contributed by atoms with Crippen molar-refractivity contribution in [3.63, 3.8) is 0 Å². The Kier molecular flexibility index (Phi) is 5.39. The molecule has 0 N–H and O–H groups in total. The van der Waals surface area contributed by atoms with Crippen molar-refractivity contribution in [3.8, 4) is 0 Å². The number of allylic oxidation sites excluding steroid dienone is 3. The van der Waals surface area contributed by atoms with E-state index in [9.17, 15) is 0 Å². The molecule has 168 valence electrons. The molecule has 1 aromatic carbocycles. The summed E-state index contributed by atoms with van der Waals surface area (Å²) in [6.45, 7) is 14.1. The van der Waals surface area contributed by atoms with Gasteiger partial charge in [0.15, 0.2) is 0 Å². The summed E-state index contributed by atoms with van der Waals surface area (Å²) < 4.78 is 0. The zero-order valence-corrected chi connectivity index (χ0v) is 20.1. The minimum absolute atomic E-state index is 0.165. The van der Waals surface area contributed by atoms with Gasteiger partial charge in [-0.3, -0.25) is 0 Å². The molecule has 1 unspecified atom stereocenters. The Labute approximate surface area is 193 Å². The smallest absolute Gasteiger partial charge is 0.110 e. The number of aliphatic imine (C=N–C) groups is 1. The lowest BCUT2D eigenvalue weighted by molar-refractivity contribution is 0.229. The highest BCUT2D eigenvalue weighted by atomic mass is 15.3. The van der Waals surface area contributed by atoms with Crippen LogP contribution in [0.1, 0.15) is 76.3 Å². The van der Waals surface area contributed by atoms with Crippen molar-refractivity contribution in [1.29, 1.82) is 0 Å². The highest BCUT2D eigenvalue weighted by Gasteiger charge is 2.41. The maximum absolute atomic E-state index is 5.09. The van der Waals surface area contributed by atoms with Crippen molar-refractivity contribution in [3.05, 3.63) is 77.3 Å². The quantitative estimate of drug-likeness (QED) is 0.526. The van der Waals surface area contributed by atoms with Gasteiger partial charge in [-0.15, -0.1) is 0 Å². The van der Waals surface area contributed by atoms with Crippen LogP contribution < -0.4 is 0 Å². The summed E-state index contributed by atoms with van der Waals surface area (Å²) in [7, 11) is 2.15. The lowest BCUT2D eigenvalue weighted by atomic mass is 9.74. The van der Waals surface area contributed by atoms with Gasteiger partial charge in [0.2, 0.25) is 0 Å². The Morgan fingerprint density at radius 3 is 2.66 bits per heavy atom. The van der Waals surface area contributed by atoms with Crippen LogP contribution in [0.15, 0.2) is 71.2 Å². The maximum atomic E-state index is 5.09. The number of amidine groups is 1. The Morgan fingerprint density at radius 1 is 1.16 bits per heavy atom. The number of hydrogen-bond acceptors (Lipinski definition) is 3. The zero-order valence-electron chi connectivity index (χ0n) is 20.1. The third-order valence-corrected chi connectivity index (χ3v) is 8.38. The van der Waals surface area contributed by atoms with E-state index in [1.165, 1.54) is 73.2 Å². The van der Waals surface area contributed by atoms with Gasteiger partial charge < -0.3 is 9.80 Å². The fraction of sp³-hybridized carbons (Fsp3) is 0.483. The molecule has 0 bridgehead atoms. The van der Waals surface area contributed by atoms with E-state index in [1.54, 1.807) is 0 Å². The summed E-state index contributed by atoms with van der Waals surface area (Å²) in [4.78, 5) is 9.85. The van der Waals surface area contributed by atoms with Gasteiger partial charge in [0, 0.05) is 31.5 Å². The van der Waals surface area contributed by atoms with Gasteiger partial charge in [-0.05, 0) is 68.2 Å². The van der Waals surface area contributed by atoms with Crippen molar-refractivity contribution in [1.82, 2.24) is 9.80 Å². The molecule has 0 radical (unpaired) electrons. The first-order valence-electron chi connectivity index (χ1n) is 12.4. The third kappa shape index (κ3) is 3.46. The highest BCUT2D eigenvalue weighted by Crippen LogP contribution is 2.47. The number of benzene rings is 1. The first kappa shape index (κ1) is 21.3. The number of fused-ring (bicyclic) bond motifs is 1. The fourth-order valence-corrected chi connectivity index (χ4v) is 6.20. The van der Waals surface area contributed by atoms with Crippen LogP contribution in [0.3, 0.4) is 0 Å². The molecule has 3 heteroatoms. The number of rotatable bonds is 4. The van der Waals surface area contributed by atoms with Gasteiger partial charge in [0.05, 0.1) is 17.1 Å². The van der Waals surface area contributed by atoms with Crippen LogP contribution in [-0.4, -0.2) is 35.3 Å². The monoisotopic (exact) mass is 427 g/mol. The van der Waals surface area contributed by atoms with Crippen LogP contribution in [0.5, 0.6) is 0 Å². The average Bonchev–Trinajstić information content (AvgIpc) is 3.49. The Hall–Kier alpha value is -2.55. The molecule has 0 amide bonds. The van der Waals surface area contributed by atoms with Gasteiger partial charge in [-0.1, -0.05) is 56.3 Å².